The van der Waals surface area contributed by atoms with Gasteiger partial charge in [-0.15, -0.1) is 12.4 Å². The number of nitrogens with one attached hydrogen (secondary N) is 1. The van der Waals surface area contributed by atoms with Crippen LogP contribution in [0.3, 0.4) is 0 Å². The van der Waals surface area contributed by atoms with E-state index in [2.05, 4.69) is 15.2 Å². The lowest BCUT2D eigenvalue weighted by Crippen LogP contribution is -2.52. The lowest BCUT2D eigenvalue weighted by molar-refractivity contribution is -0.0290. The van der Waals surface area contributed by atoms with Crippen LogP contribution in [-0.2, 0) is 4.74 Å². The summed E-state index contributed by atoms with van der Waals surface area (Å²) >= 11 is 0. The molecule has 0 aliphatic carbocycles. The van der Waals surface area contributed by atoms with Crippen molar-refractivity contribution in [2.45, 2.75) is 18.9 Å². The molecule has 1 aromatic carbocycles. The first-order valence-electron chi connectivity index (χ1n) is 7.98. The third-order valence-electron chi connectivity index (χ3n) is 4.68. The number of hydrogen-bond acceptors (Lipinski definition) is 5. The number of oxazole rings is 1. The second-order valence-corrected chi connectivity index (χ2v) is 6.10. The Hall–Kier alpha value is -2.05. The van der Waals surface area contributed by atoms with E-state index in [0.29, 0.717) is 17.5 Å². The van der Waals surface area contributed by atoms with E-state index in [1.165, 1.54) is 6.39 Å². The summed E-state index contributed by atoms with van der Waals surface area (Å²) in [6.07, 6.45) is 3.06. The van der Waals surface area contributed by atoms with Crippen LogP contribution >= 0.6 is 12.4 Å². The largest absolute Gasteiger partial charge is 0.444 e. The van der Waals surface area contributed by atoms with Crippen LogP contribution in [0.1, 0.15) is 12.8 Å². The first-order valence-corrected chi connectivity index (χ1v) is 7.98. The molecule has 0 spiro atoms. The van der Waals surface area contributed by atoms with E-state index in [0.717, 1.165) is 38.0 Å². The fourth-order valence-corrected chi connectivity index (χ4v) is 3.44. The van der Waals surface area contributed by atoms with Gasteiger partial charge in [-0.25, -0.2) is 4.79 Å². The van der Waals surface area contributed by atoms with Gasteiger partial charge in [-0.05, 0) is 31.8 Å². The number of ether oxygens (including phenoxy) is 1. The van der Waals surface area contributed by atoms with Crippen molar-refractivity contribution in [2.75, 3.05) is 25.0 Å². The topological polar surface area (TPSA) is 67.6 Å². The third kappa shape index (κ3) is 3.39. The predicted molar refractivity (Wildman–Crippen MR) is 92.2 cm³/mol. The first-order chi connectivity index (χ1) is 11.3. The minimum absolute atomic E-state index is 0. The number of piperidine rings is 3. The fraction of sp³-hybridized carbons (Fsp3) is 0.412. The van der Waals surface area contributed by atoms with Crippen LogP contribution in [-0.4, -0.2) is 41.7 Å². The smallest absolute Gasteiger partial charge is 0.413 e. The van der Waals surface area contributed by atoms with E-state index < -0.39 is 6.09 Å². The van der Waals surface area contributed by atoms with Crippen molar-refractivity contribution >= 4 is 24.3 Å². The second-order valence-electron chi connectivity index (χ2n) is 6.10. The fourth-order valence-electron chi connectivity index (χ4n) is 3.44. The highest BCUT2D eigenvalue weighted by atomic mass is 35.5. The second kappa shape index (κ2) is 7.23. The number of aromatic nitrogens is 1. The van der Waals surface area contributed by atoms with Gasteiger partial charge in [0.15, 0.2) is 18.0 Å². The molecule has 6 nitrogen and oxygen atoms in total. The standard InChI is InChI=1S/C17H19N3O3.ClH/c21-17(23-14-10-20-8-6-12(14)7-9-20)19-16-15(22-11-18-16)13-4-2-1-3-5-13;/h1-5,11-12,14H,6-10H2,(H,19,21);1H/t14-;/m0./s1. The average molecular weight is 350 g/mol. The molecule has 5 rings (SSSR count). The maximum atomic E-state index is 12.2. The van der Waals surface area contributed by atoms with Gasteiger partial charge in [0.2, 0.25) is 0 Å². The Bertz CT molecular complexity index is 683. The molecule has 1 atom stereocenters. The molecule has 0 saturated carbocycles. The minimum Gasteiger partial charge on any atom is -0.444 e. The molecule has 4 heterocycles. The Morgan fingerprint density at radius 2 is 2.00 bits per heavy atom. The van der Waals surface area contributed by atoms with Gasteiger partial charge in [0.05, 0.1) is 0 Å². The quantitative estimate of drug-likeness (QED) is 0.919. The molecule has 24 heavy (non-hydrogen) atoms. The SMILES string of the molecule is Cl.O=C(Nc1ncoc1-c1ccccc1)O[C@H]1CN2CCC1CC2. The molecule has 3 saturated heterocycles. The summed E-state index contributed by atoms with van der Waals surface area (Å²) in [5, 5.41) is 2.71. The first kappa shape index (κ1) is 16.8. The lowest BCUT2D eigenvalue weighted by Gasteiger charge is -2.43. The summed E-state index contributed by atoms with van der Waals surface area (Å²) in [6.45, 7) is 3.07. The molecule has 2 bridgehead atoms. The Morgan fingerprint density at radius 1 is 1.25 bits per heavy atom. The van der Waals surface area contributed by atoms with Crippen molar-refractivity contribution in [2.24, 2.45) is 5.92 Å². The summed E-state index contributed by atoms with van der Waals surface area (Å²) in [4.78, 5) is 18.6. The molecule has 1 amide bonds. The van der Waals surface area contributed by atoms with Crippen LogP contribution in [0, 0.1) is 5.92 Å². The number of anilines is 1. The van der Waals surface area contributed by atoms with E-state index >= 15 is 0 Å². The highest BCUT2D eigenvalue weighted by Gasteiger charge is 2.36. The van der Waals surface area contributed by atoms with Gasteiger partial charge in [0.1, 0.15) is 6.10 Å². The van der Waals surface area contributed by atoms with Crippen LogP contribution in [0.4, 0.5) is 10.6 Å². The number of carbonyl (C=O) groups excluding carboxylic acids is 1. The molecule has 128 valence electrons. The molecule has 0 unspecified atom stereocenters. The maximum Gasteiger partial charge on any atom is 0.413 e. The van der Waals surface area contributed by atoms with Crippen LogP contribution < -0.4 is 5.32 Å². The van der Waals surface area contributed by atoms with Crippen molar-refractivity contribution in [1.82, 2.24) is 9.88 Å². The molecule has 1 aromatic heterocycles. The van der Waals surface area contributed by atoms with E-state index in [-0.39, 0.29) is 18.5 Å². The predicted octanol–water partition coefficient (Wildman–Crippen LogP) is 3.41. The summed E-state index contributed by atoms with van der Waals surface area (Å²) < 4.78 is 11.0. The number of benzene rings is 1. The Labute approximate surface area is 146 Å². The van der Waals surface area contributed by atoms with Gasteiger partial charge in [0, 0.05) is 12.1 Å². The molecular weight excluding hydrogens is 330 g/mol. The molecule has 0 radical (unpaired) electrons. The highest BCUT2D eigenvalue weighted by Crippen LogP contribution is 2.30. The molecule has 3 aliphatic heterocycles. The molecular formula is C17H20ClN3O3. The van der Waals surface area contributed by atoms with Crippen molar-refractivity contribution in [3.63, 3.8) is 0 Å². The van der Waals surface area contributed by atoms with E-state index in [1.54, 1.807) is 0 Å². The summed E-state index contributed by atoms with van der Waals surface area (Å²) in [5.41, 5.74) is 0.864. The van der Waals surface area contributed by atoms with Crippen molar-refractivity contribution in [3.05, 3.63) is 36.7 Å². The monoisotopic (exact) mass is 349 g/mol. The zero-order valence-corrected chi connectivity index (χ0v) is 14.0. The average Bonchev–Trinajstić information content (AvgIpc) is 3.04. The summed E-state index contributed by atoms with van der Waals surface area (Å²) in [7, 11) is 0. The number of halogens is 1. The van der Waals surface area contributed by atoms with E-state index in [9.17, 15) is 4.79 Å². The highest BCUT2D eigenvalue weighted by molar-refractivity contribution is 5.88. The number of hydrogen-bond donors (Lipinski definition) is 1. The Kier molecular flexibility index (Phi) is 5.06. The normalized spacial score (nSPS) is 24.9. The molecule has 1 N–H and O–H groups in total. The molecule has 3 fully saturated rings. The van der Waals surface area contributed by atoms with E-state index in [1.807, 2.05) is 30.3 Å². The zero-order valence-electron chi connectivity index (χ0n) is 13.2. The van der Waals surface area contributed by atoms with Gasteiger partial charge in [-0.1, -0.05) is 30.3 Å². The van der Waals surface area contributed by atoms with Gasteiger partial charge in [0.25, 0.3) is 0 Å². The number of rotatable bonds is 3. The van der Waals surface area contributed by atoms with Crippen molar-refractivity contribution < 1.29 is 13.9 Å². The van der Waals surface area contributed by atoms with Gasteiger partial charge >= 0.3 is 6.09 Å². The van der Waals surface area contributed by atoms with Gasteiger partial charge in [-0.2, -0.15) is 4.98 Å². The number of carbonyl (C=O) groups is 1. The van der Waals surface area contributed by atoms with E-state index in [4.69, 9.17) is 9.15 Å². The van der Waals surface area contributed by atoms with Gasteiger partial charge < -0.3 is 9.15 Å². The zero-order chi connectivity index (χ0) is 15.6. The van der Waals surface area contributed by atoms with Crippen LogP contribution in [0.25, 0.3) is 11.3 Å². The number of fused-ring (bicyclic) bond motifs is 3. The lowest BCUT2D eigenvalue weighted by atomic mass is 9.86. The molecule has 3 aliphatic rings. The minimum atomic E-state index is -0.463. The van der Waals surface area contributed by atoms with Crippen LogP contribution in [0.5, 0.6) is 0 Å². The Balaban J connectivity index is 0.00000169. The Morgan fingerprint density at radius 3 is 2.67 bits per heavy atom. The van der Waals surface area contributed by atoms with Gasteiger partial charge in [-0.3, -0.25) is 10.2 Å². The third-order valence-corrected chi connectivity index (χ3v) is 4.68. The van der Waals surface area contributed by atoms with Crippen molar-refractivity contribution in [3.8, 4) is 11.3 Å². The maximum absolute atomic E-state index is 12.2. The number of amides is 1. The number of nitrogens with zero attached hydrogens (tertiary/aromatic N) is 2. The van der Waals surface area contributed by atoms with Crippen LogP contribution in [0.15, 0.2) is 41.1 Å². The summed E-state index contributed by atoms with van der Waals surface area (Å²) in [5.74, 6) is 1.41. The summed E-state index contributed by atoms with van der Waals surface area (Å²) in [6, 6.07) is 9.56. The molecule has 2 aromatic rings. The molecule has 7 heteroatoms. The van der Waals surface area contributed by atoms with Crippen molar-refractivity contribution in [1.29, 1.82) is 0 Å². The van der Waals surface area contributed by atoms with Crippen LogP contribution in [0.2, 0.25) is 0 Å².